The van der Waals surface area contributed by atoms with Gasteiger partial charge in [-0.3, -0.25) is 9.59 Å². The first-order valence-corrected chi connectivity index (χ1v) is 16.0. The lowest BCUT2D eigenvalue weighted by molar-refractivity contribution is -0.141. The number of carboxylic acid groups (broad SMARTS) is 1. The second-order valence-corrected chi connectivity index (χ2v) is 11.9. The minimum absolute atomic E-state index is 0.0261. The standard InChI is InChI=1S/C33H41N9O4/c1-3-4-9-29-36-31(24-14-16-25(17-15-24)35-30(44)19-18-28(33(45)46)34-21(2)43)39-42(29)20-22-10-12-23(13-11-22)26-7-5-6-8-27(26)32-37-40-41-38-32/h5-8,10-13,24-25,28H,3-4,9,14-20H2,1-2H3,(H,34,43)(H,35,44)(H,45,46)(H,37,38,40,41). The summed E-state index contributed by atoms with van der Waals surface area (Å²) < 4.78 is 2.04. The van der Waals surface area contributed by atoms with Gasteiger partial charge in [0.15, 0.2) is 5.82 Å². The van der Waals surface area contributed by atoms with Crippen molar-refractivity contribution in [3.8, 4) is 22.5 Å². The first-order chi connectivity index (χ1) is 22.3. The van der Waals surface area contributed by atoms with Gasteiger partial charge in [-0.1, -0.05) is 61.9 Å². The average molecular weight is 628 g/mol. The second kappa shape index (κ2) is 15.4. The number of H-pyrrole nitrogens is 1. The first-order valence-electron chi connectivity index (χ1n) is 16.0. The Hall–Kier alpha value is -4.94. The van der Waals surface area contributed by atoms with Gasteiger partial charge >= 0.3 is 5.97 Å². The van der Waals surface area contributed by atoms with E-state index in [1.807, 2.05) is 22.9 Å². The normalized spacial score (nSPS) is 16.9. The summed E-state index contributed by atoms with van der Waals surface area (Å²) in [6.07, 6.45) is 6.38. The monoisotopic (exact) mass is 627 g/mol. The van der Waals surface area contributed by atoms with E-state index in [4.69, 9.17) is 10.1 Å². The zero-order valence-corrected chi connectivity index (χ0v) is 26.3. The molecule has 1 aliphatic rings. The molecular weight excluding hydrogens is 586 g/mol. The van der Waals surface area contributed by atoms with Crippen LogP contribution in [-0.2, 0) is 27.3 Å². The fourth-order valence-electron chi connectivity index (χ4n) is 5.96. The van der Waals surface area contributed by atoms with Gasteiger partial charge in [0.2, 0.25) is 17.6 Å². The lowest BCUT2D eigenvalue weighted by Gasteiger charge is -2.27. The number of nitrogens with one attached hydrogen (secondary N) is 3. The van der Waals surface area contributed by atoms with E-state index in [0.29, 0.717) is 12.4 Å². The number of tetrazole rings is 1. The maximum atomic E-state index is 12.5. The van der Waals surface area contributed by atoms with Crippen LogP contribution in [0.3, 0.4) is 0 Å². The molecule has 13 nitrogen and oxygen atoms in total. The van der Waals surface area contributed by atoms with Gasteiger partial charge in [0.1, 0.15) is 11.9 Å². The number of benzene rings is 2. The third kappa shape index (κ3) is 8.40. The number of aromatic nitrogens is 7. The van der Waals surface area contributed by atoms with E-state index < -0.39 is 17.9 Å². The number of hydrogen-bond acceptors (Lipinski definition) is 8. The summed E-state index contributed by atoms with van der Waals surface area (Å²) in [4.78, 5) is 40.1. The molecule has 46 heavy (non-hydrogen) atoms. The molecule has 4 aromatic rings. The Bertz CT molecular complexity index is 1610. The van der Waals surface area contributed by atoms with Crippen LogP contribution in [0.15, 0.2) is 48.5 Å². The van der Waals surface area contributed by atoms with Crippen molar-refractivity contribution in [3.63, 3.8) is 0 Å². The third-order valence-corrected chi connectivity index (χ3v) is 8.42. The van der Waals surface area contributed by atoms with Crippen molar-refractivity contribution in [2.24, 2.45) is 0 Å². The van der Waals surface area contributed by atoms with E-state index >= 15 is 0 Å². The Kier molecular flexibility index (Phi) is 10.8. The predicted molar refractivity (Wildman–Crippen MR) is 170 cm³/mol. The molecule has 0 bridgehead atoms. The molecule has 1 fully saturated rings. The highest BCUT2D eigenvalue weighted by Gasteiger charge is 2.28. The second-order valence-electron chi connectivity index (χ2n) is 11.9. The Labute approximate surface area is 267 Å². The molecule has 1 saturated carbocycles. The maximum Gasteiger partial charge on any atom is 0.326 e. The average Bonchev–Trinajstić information content (AvgIpc) is 3.73. The van der Waals surface area contributed by atoms with Crippen molar-refractivity contribution in [3.05, 3.63) is 65.7 Å². The number of carbonyl (C=O) groups excluding carboxylic acids is 2. The fraction of sp³-hybridized carbons (Fsp3) is 0.455. The summed E-state index contributed by atoms with van der Waals surface area (Å²) in [5.41, 5.74) is 4.14. The summed E-state index contributed by atoms with van der Waals surface area (Å²) in [6.45, 7) is 4.06. The van der Waals surface area contributed by atoms with Crippen LogP contribution in [0.25, 0.3) is 22.5 Å². The van der Waals surface area contributed by atoms with Gasteiger partial charge in [-0.15, -0.1) is 10.2 Å². The maximum absolute atomic E-state index is 12.5. The number of aryl methyl sites for hydroxylation is 1. The van der Waals surface area contributed by atoms with Gasteiger partial charge in [0.05, 0.1) is 6.54 Å². The highest BCUT2D eigenvalue weighted by atomic mass is 16.4. The molecule has 0 radical (unpaired) electrons. The summed E-state index contributed by atoms with van der Waals surface area (Å²) in [7, 11) is 0. The van der Waals surface area contributed by atoms with Crippen LogP contribution < -0.4 is 10.6 Å². The van der Waals surface area contributed by atoms with Crippen molar-refractivity contribution >= 4 is 17.8 Å². The van der Waals surface area contributed by atoms with E-state index in [1.54, 1.807) is 0 Å². The van der Waals surface area contributed by atoms with Crippen LogP contribution in [0, 0.1) is 0 Å². The number of nitrogens with zero attached hydrogens (tertiary/aromatic N) is 6. The molecule has 2 heterocycles. The van der Waals surface area contributed by atoms with Crippen molar-refractivity contribution < 1.29 is 19.5 Å². The van der Waals surface area contributed by atoms with E-state index in [1.165, 1.54) is 6.92 Å². The molecule has 13 heteroatoms. The molecule has 0 aliphatic heterocycles. The number of carboxylic acids is 1. The molecule has 242 valence electrons. The SMILES string of the molecule is CCCCc1nc(C2CCC(NC(=O)CCC(NC(C)=O)C(=O)O)CC2)nn1Cc1ccc(-c2ccccc2-c2nn[nH]n2)cc1. The van der Waals surface area contributed by atoms with Crippen LogP contribution in [0.5, 0.6) is 0 Å². The largest absolute Gasteiger partial charge is 0.480 e. The molecule has 2 amide bonds. The number of aromatic amines is 1. The summed E-state index contributed by atoms with van der Waals surface area (Å²) in [5, 5.41) is 34.2. The van der Waals surface area contributed by atoms with Crippen LogP contribution in [0.1, 0.15) is 88.3 Å². The lowest BCUT2D eigenvalue weighted by atomic mass is 9.85. The Morgan fingerprint density at radius 3 is 2.43 bits per heavy atom. The minimum atomic E-state index is -1.14. The molecule has 1 aliphatic carbocycles. The topological polar surface area (TPSA) is 181 Å². The molecule has 2 aromatic heterocycles. The van der Waals surface area contributed by atoms with Gasteiger partial charge < -0.3 is 15.7 Å². The number of aliphatic carboxylic acids is 1. The van der Waals surface area contributed by atoms with Gasteiger partial charge in [0.25, 0.3) is 0 Å². The summed E-state index contributed by atoms with van der Waals surface area (Å²) in [5.74, 6) is 0.848. The first kappa shape index (κ1) is 32.5. The van der Waals surface area contributed by atoms with Gasteiger partial charge in [-0.25, -0.2) is 14.5 Å². The van der Waals surface area contributed by atoms with E-state index in [-0.39, 0.29) is 30.7 Å². The van der Waals surface area contributed by atoms with Gasteiger partial charge in [0, 0.05) is 37.3 Å². The molecule has 0 spiro atoms. The molecule has 4 N–H and O–H groups in total. The predicted octanol–water partition coefficient (Wildman–Crippen LogP) is 4.03. The number of hydrogen-bond donors (Lipinski definition) is 4. The molecule has 1 atom stereocenters. The van der Waals surface area contributed by atoms with Crippen molar-refractivity contribution in [2.75, 3.05) is 0 Å². The molecule has 0 saturated heterocycles. The van der Waals surface area contributed by atoms with Crippen LogP contribution >= 0.6 is 0 Å². The lowest BCUT2D eigenvalue weighted by Crippen LogP contribution is -2.42. The Morgan fingerprint density at radius 1 is 1.04 bits per heavy atom. The zero-order valence-electron chi connectivity index (χ0n) is 26.3. The third-order valence-electron chi connectivity index (χ3n) is 8.42. The molecule has 2 aromatic carbocycles. The highest BCUT2D eigenvalue weighted by Crippen LogP contribution is 2.32. The Morgan fingerprint density at radius 2 is 1.78 bits per heavy atom. The minimum Gasteiger partial charge on any atom is -0.480 e. The van der Waals surface area contributed by atoms with Gasteiger partial charge in [-0.05, 0) is 60.4 Å². The van der Waals surface area contributed by atoms with Crippen LogP contribution in [-0.4, -0.2) is 70.4 Å². The number of rotatable bonds is 14. The molecule has 1 unspecified atom stereocenters. The number of amides is 2. The van der Waals surface area contributed by atoms with Gasteiger partial charge in [-0.2, -0.15) is 10.3 Å². The summed E-state index contributed by atoms with van der Waals surface area (Å²) in [6, 6.07) is 15.4. The molecule has 5 rings (SSSR count). The van der Waals surface area contributed by atoms with E-state index in [9.17, 15) is 19.5 Å². The quantitative estimate of drug-likeness (QED) is 0.160. The van der Waals surface area contributed by atoms with Crippen molar-refractivity contribution in [1.29, 1.82) is 0 Å². The smallest absolute Gasteiger partial charge is 0.326 e. The van der Waals surface area contributed by atoms with Crippen LogP contribution in [0.4, 0.5) is 0 Å². The van der Waals surface area contributed by atoms with Crippen molar-refractivity contribution in [1.82, 2.24) is 46.0 Å². The summed E-state index contributed by atoms with van der Waals surface area (Å²) >= 11 is 0. The fourth-order valence-corrected chi connectivity index (χ4v) is 5.96. The van der Waals surface area contributed by atoms with E-state index in [2.05, 4.69) is 68.5 Å². The number of unbranched alkanes of at least 4 members (excludes halogenated alkanes) is 1. The number of carbonyl (C=O) groups is 3. The van der Waals surface area contributed by atoms with Crippen molar-refractivity contribution in [2.45, 2.75) is 96.2 Å². The zero-order chi connectivity index (χ0) is 32.5. The van der Waals surface area contributed by atoms with Crippen LogP contribution in [0.2, 0.25) is 0 Å². The molecular formula is C33H41N9O4. The Balaban J connectivity index is 1.19. The van der Waals surface area contributed by atoms with E-state index in [0.717, 1.165) is 78.8 Å². The highest BCUT2D eigenvalue weighted by molar-refractivity contribution is 5.83.